The summed E-state index contributed by atoms with van der Waals surface area (Å²) in [6, 6.07) is 26.8. The van der Waals surface area contributed by atoms with Gasteiger partial charge in [-0.25, -0.2) is 0 Å². The van der Waals surface area contributed by atoms with Gasteiger partial charge in [0.25, 0.3) is 0 Å². The molecule has 0 aromatic heterocycles. The smallest absolute Gasteiger partial charge is 0.317 e. The second-order valence-electron chi connectivity index (χ2n) is 6.97. The van der Waals surface area contributed by atoms with Crippen LogP contribution in [0.15, 0.2) is 91.0 Å². The van der Waals surface area contributed by atoms with Gasteiger partial charge < -0.3 is 4.74 Å². The van der Waals surface area contributed by atoms with Crippen LogP contribution in [0.25, 0.3) is 0 Å². The molecule has 0 saturated carbocycles. The molecular formula is C26H24O4. The summed E-state index contributed by atoms with van der Waals surface area (Å²) in [5.74, 6) is -2.82. The Bertz CT molecular complexity index is 981. The van der Waals surface area contributed by atoms with E-state index >= 15 is 0 Å². The van der Waals surface area contributed by atoms with Crippen LogP contribution in [0.4, 0.5) is 0 Å². The van der Waals surface area contributed by atoms with Crippen molar-refractivity contribution in [2.24, 2.45) is 5.92 Å². The predicted octanol–water partition coefficient (Wildman–Crippen LogP) is 5.11. The summed E-state index contributed by atoms with van der Waals surface area (Å²) >= 11 is 0. The monoisotopic (exact) mass is 400 g/mol. The van der Waals surface area contributed by atoms with Crippen molar-refractivity contribution in [2.75, 3.05) is 6.61 Å². The molecule has 0 aliphatic heterocycles. The van der Waals surface area contributed by atoms with Gasteiger partial charge in [0.15, 0.2) is 11.6 Å². The molecule has 0 amide bonds. The molecule has 0 fully saturated rings. The van der Waals surface area contributed by atoms with Gasteiger partial charge in [-0.3, -0.25) is 14.4 Å². The number of hydrogen-bond acceptors (Lipinski definition) is 4. The molecule has 0 radical (unpaired) electrons. The van der Waals surface area contributed by atoms with Crippen LogP contribution in [0.2, 0.25) is 0 Å². The molecule has 0 aliphatic rings. The average molecular weight is 400 g/mol. The minimum absolute atomic E-state index is 0.0239. The van der Waals surface area contributed by atoms with Crippen LogP contribution >= 0.6 is 0 Å². The Kier molecular flexibility index (Phi) is 7.28. The van der Waals surface area contributed by atoms with Gasteiger partial charge in [-0.2, -0.15) is 0 Å². The molecule has 2 atom stereocenters. The van der Waals surface area contributed by atoms with Crippen LogP contribution in [0, 0.1) is 5.92 Å². The SMILES string of the molecule is CCOC(=O)C(C(=O)c1ccccc1)C(CC(=O)c1ccccc1)c1ccccc1. The Morgan fingerprint density at radius 3 is 1.77 bits per heavy atom. The molecule has 0 N–H and O–H groups in total. The van der Waals surface area contributed by atoms with E-state index in [0.29, 0.717) is 11.1 Å². The van der Waals surface area contributed by atoms with Crippen LogP contribution in [0.1, 0.15) is 45.5 Å². The first-order chi connectivity index (χ1) is 14.6. The van der Waals surface area contributed by atoms with Gasteiger partial charge in [-0.05, 0) is 12.5 Å². The fraction of sp³-hybridized carbons (Fsp3) is 0.192. The standard InChI is InChI=1S/C26H24O4/c1-2-30-26(29)24(25(28)21-16-10-5-11-17-21)22(19-12-6-3-7-13-19)18-23(27)20-14-8-4-9-15-20/h3-17,22,24H,2,18H2,1H3. The second-order valence-corrected chi connectivity index (χ2v) is 6.97. The minimum atomic E-state index is -1.11. The van der Waals surface area contributed by atoms with E-state index in [4.69, 9.17) is 4.74 Å². The molecule has 3 aromatic carbocycles. The molecule has 2 unspecified atom stereocenters. The lowest BCUT2D eigenvalue weighted by atomic mass is 9.77. The molecule has 152 valence electrons. The molecule has 0 heterocycles. The van der Waals surface area contributed by atoms with E-state index < -0.39 is 17.8 Å². The predicted molar refractivity (Wildman–Crippen MR) is 115 cm³/mol. The summed E-state index contributed by atoms with van der Waals surface area (Å²) < 4.78 is 5.27. The summed E-state index contributed by atoms with van der Waals surface area (Å²) in [7, 11) is 0. The van der Waals surface area contributed by atoms with Crippen LogP contribution in [0.3, 0.4) is 0 Å². The maximum atomic E-state index is 13.4. The highest BCUT2D eigenvalue weighted by Crippen LogP contribution is 2.33. The van der Waals surface area contributed by atoms with Crippen molar-refractivity contribution in [3.05, 3.63) is 108 Å². The lowest BCUT2D eigenvalue weighted by Crippen LogP contribution is -2.33. The fourth-order valence-electron chi connectivity index (χ4n) is 3.54. The largest absolute Gasteiger partial charge is 0.465 e. The first-order valence-corrected chi connectivity index (χ1v) is 10.0. The van der Waals surface area contributed by atoms with E-state index in [1.54, 1.807) is 55.5 Å². The summed E-state index contributed by atoms with van der Waals surface area (Å²) in [4.78, 5) is 39.3. The number of esters is 1. The number of carbonyl (C=O) groups excluding carboxylic acids is 3. The molecule has 4 heteroatoms. The highest BCUT2D eigenvalue weighted by Gasteiger charge is 2.38. The van der Waals surface area contributed by atoms with Crippen molar-refractivity contribution >= 4 is 17.5 Å². The van der Waals surface area contributed by atoms with Gasteiger partial charge in [0, 0.05) is 23.5 Å². The molecule has 0 saturated heterocycles. The number of ketones is 2. The maximum Gasteiger partial charge on any atom is 0.317 e. The third kappa shape index (κ3) is 5.09. The van der Waals surface area contributed by atoms with Gasteiger partial charge >= 0.3 is 5.97 Å². The van der Waals surface area contributed by atoms with E-state index in [1.165, 1.54) is 0 Å². The Morgan fingerprint density at radius 1 is 0.733 bits per heavy atom. The summed E-state index contributed by atoms with van der Waals surface area (Å²) in [5, 5.41) is 0. The number of carbonyl (C=O) groups is 3. The normalized spacial score (nSPS) is 12.6. The van der Waals surface area contributed by atoms with Crippen LogP contribution < -0.4 is 0 Å². The van der Waals surface area contributed by atoms with Crippen LogP contribution in [-0.2, 0) is 9.53 Å². The number of rotatable bonds is 9. The van der Waals surface area contributed by atoms with Crippen molar-refractivity contribution in [2.45, 2.75) is 19.3 Å². The van der Waals surface area contributed by atoms with Gasteiger partial charge in [0.1, 0.15) is 5.92 Å². The minimum Gasteiger partial charge on any atom is -0.465 e. The van der Waals surface area contributed by atoms with Crippen molar-refractivity contribution in [1.29, 1.82) is 0 Å². The highest BCUT2D eigenvalue weighted by atomic mass is 16.5. The van der Waals surface area contributed by atoms with Gasteiger partial charge in [0.05, 0.1) is 6.61 Å². The summed E-state index contributed by atoms with van der Waals surface area (Å²) in [5.41, 5.74) is 1.72. The topological polar surface area (TPSA) is 60.4 Å². The van der Waals surface area contributed by atoms with Crippen molar-refractivity contribution < 1.29 is 19.1 Å². The third-order valence-electron chi connectivity index (χ3n) is 5.01. The molecule has 4 nitrogen and oxygen atoms in total. The highest BCUT2D eigenvalue weighted by molar-refractivity contribution is 6.10. The van der Waals surface area contributed by atoms with Crippen molar-refractivity contribution in [1.82, 2.24) is 0 Å². The lowest BCUT2D eigenvalue weighted by molar-refractivity contribution is -0.146. The Labute approximate surface area is 176 Å². The number of hydrogen-bond donors (Lipinski definition) is 0. The Hall–Kier alpha value is -3.53. The van der Waals surface area contributed by atoms with Crippen LogP contribution in [-0.4, -0.2) is 24.1 Å². The van der Waals surface area contributed by atoms with E-state index in [-0.39, 0.29) is 24.6 Å². The quantitative estimate of drug-likeness (QED) is 0.285. The zero-order valence-corrected chi connectivity index (χ0v) is 16.9. The van der Waals surface area contributed by atoms with Gasteiger partial charge in [-0.1, -0.05) is 91.0 Å². The molecule has 3 aromatic rings. The zero-order chi connectivity index (χ0) is 21.3. The summed E-state index contributed by atoms with van der Waals surface area (Å²) in [6.45, 7) is 1.86. The Morgan fingerprint density at radius 2 is 1.23 bits per heavy atom. The zero-order valence-electron chi connectivity index (χ0n) is 16.9. The van der Waals surface area contributed by atoms with Crippen molar-refractivity contribution in [3.63, 3.8) is 0 Å². The molecule has 3 rings (SSSR count). The average Bonchev–Trinajstić information content (AvgIpc) is 2.80. The van der Waals surface area contributed by atoms with E-state index in [2.05, 4.69) is 0 Å². The fourth-order valence-corrected chi connectivity index (χ4v) is 3.54. The van der Waals surface area contributed by atoms with Crippen LogP contribution in [0.5, 0.6) is 0 Å². The Balaban J connectivity index is 2.03. The molecular weight excluding hydrogens is 376 g/mol. The number of Topliss-reactive ketones (excluding diaryl/α,β-unsaturated/α-hetero) is 2. The van der Waals surface area contributed by atoms with Crippen molar-refractivity contribution in [3.8, 4) is 0 Å². The molecule has 0 spiro atoms. The maximum absolute atomic E-state index is 13.4. The summed E-state index contributed by atoms with van der Waals surface area (Å²) in [6.07, 6.45) is 0.0239. The first kappa shape index (κ1) is 21.2. The van der Waals surface area contributed by atoms with E-state index in [0.717, 1.165) is 5.56 Å². The van der Waals surface area contributed by atoms with Gasteiger partial charge in [-0.15, -0.1) is 0 Å². The lowest BCUT2D eigenvalue weighted by Gasteiger charge is -2.25. The van der Waals surface area contributed by atoms with E-state index in [9.17, 15) is 14.4 Å². The number of ether oxygens (including phenoxy) is 1. The van der Waals surface area contributed by atoms with E-state index in [1.807, 2.05) is 42.5 Å². The third-order valence-corrected chi connectivity index (χ3v) is 5.01. The molecule has 30 heavy (non-hydrogen) atoms. The molecule has 0 aliphatic carbocycles. The second kappa shape index (κ2) is 10.3. The van der Waals surface area contributed by atoms with Gasteiger partial charge in [0.2, 0.25) is 0 Å². The molecule has 0 bridgehead atoms. The first-order valence-electron chi connectivity index (χ1n) is 10.0. The number of benzene rings is 3.